The maximum absolute atomic E-state index is 11.8. The van der Waals surface area contributed by atoms with Crippen molar-refractivity contribution in [3.63, 3.8) is 0 Å². The summed E-state index contributed by atoms with van der Waals surface area (Å²) in [6, 6.07) is 5.34. The van der Waals surface area contributed by atoms with Crippen molar-refractivity contribution in [3.8, 4) is 0 Å². The fourth-order valence-corrected chi connectivity index (χ4v) is 2.43. The molecule has 19 heavy (non-hydrogen) atoms. The Labute approximate surface area is 116 Å². The molecule has 1 aromatic carbocycles. The SMILES string of the molecule is FC(F)(F)COCCNc1nc2cc(Cl)ccc2s1. The second-order valence-corrected chi connectivity index (χ2v) is 5.19. The van der Waals surface area contributed by atoms with E-state index in [4.69, 9.17) is 11.6 Å². The molecule has 1 heterocycles. The normalized spacial score (nSPS) is 12.0. The molecule has 0 radical (unpaired) electrons. The molecule has 0 atom stereocenters. The molecule has 0 spiro atoms. The molecule has 0 unspecified atom stereocenters. The Balaban J connectivity index is 1.82. The molecular formula is C11H10ClF3N2OS. The van der Waals surface area contributed by atoms with Gasteiger partial charge in [-0.1, -0.05) is 22.9 Å². The molecule has 8 heteroatoms. The lowest BCUT2D eigenvalue weighted by molar-refractivity contribution is -0.172. The van der Waals surface area contributed by atoms with Crippen LogP contribution in [0.1, 0.15) is 0 Å². The smallest absolute Gasteiger partial charge is 0.370 e. The van der Waals surface area contributed by atoms with Crippen LogP contribution < -0.4 is 5.32 Å². The molecule has 0 aliphatic rings. The third kappa shape index (κ3) is 4.52. The van der Waals surface area contributed by atoms with Crippen molar-refractivity contribution in [3.05, 3.63) is 23.2 Å². The number of fused-ring (bicyclic) bond motifs is 1. The molecule has 0 fully saturated rings. The van der Waals surface area contributed by atoms with Crippen LogP contribution in [0.4, 0.5) is 18.3 Å². The number of halogens is 4. The molecule has 0 aliphatic carbocycles. The number of hydrogen-bond acceptors (Lipinski definition) is 4. The first-order chi connectivity index (χ1) is 8.94. The van der Waals surface area contributed by atoms with Gasteiger partial charge in [-0.3, -0.25) is 0 Å². The molecule has 104 valence electrons. The summed E-state index contributed by atoms with van der Waals surface area (Å²) in [4.78, 5) is 4.27. The number of alkyl halides is 3. The van der Waals surface area contributed by atoms with Crippen LogP contribution in [0.15, 0.2) is 18.2 Å². The highest BCUT2D eigenvalue weighted by Crippen LogP contribution is 2.27. The molecule has 2 rings (SSSR count). The Morgan fingerprint density at radius 1 is 1.37 bits per heavy atom. The minimum atomic E-state index is -4.29. The number of nitrogens with one attached hydrogen (secondary N) is 1. The Hall–Kier alpha value is -1.05. The van der Waals surface area contributed by atoms with Crippen LogP contribution in [-0.4, -0.2) is 30.9 Å². The summed E-state index contributed by atoms with van der Waals surface area (Å²) in [5.41, 5.74) is 0.760. The number of anilines is 1. The van der Waals surface area contributed by atoms with Crippen LogP contribution in [0.2, 0.25) is 5.02 Å². The molecule has 0 amide bonds. The zero-order valence-corrected chi connectivity index (χ0v) is 11.2. The maximum Gasteiger partial charge on any atom is 0.411 e. The second kappa shape index (κ2) is 5.94. The van der Waals surface area contributed by atoms with E-state index in [-0.39, 0.29) is 13.2 Å². The third-order valence-corrected chi connectivity index (χ3v) is 3.37. The molecule has 0 saturated heterocycles. The summed E-state index contributed by atoms with van der Waals surface area (Å²) >= 11 is 7.24. The predicted molar refractivity (Wildman–Crippen MR) is 70.0 cm³/mol. The van der Waals surface area contributed by atoms with Crippen molar-refractivity contribution >= 4 is 38.3 Å². The molecular weight excluding hydrogens is 301 g/mol. The van der Waals surface area contributed by atoms with E-state index in [0.29, 0.717) is 10.2 Å². The fraction of sp³-hybridized carbons (Fsp3) is 0.364. The van der Waals surface area contributed by atoms with E-state index < -0.39 is 12.8 Å². The van der Waals surface area contributed by atoms with Crippen LogP contribution in [-0.2, 0) is 4.74 Å². The van der Waals surface area contributed by atoms with Gasteiger partial charge in [0.15, 0.2) is 5.13 Å². The van der Waals surface area contributed by atoms with Crippen molar-refractivity contribution in [1.82, 2.24) is 4.98 Å². The van der Waals surface area contributed by atoms with Gasteiger partial charge in [-0.15, -0.1) is 0 Å². The average Bonchev–Trinajstić information content (AvgIpc) is 2.68. The molecule has 2 aromatic rings. The summed E-state index contributed by atoms with van der Waals surface area (Å²) < 4.78 is 40.9. The van der Waals surface area contributed by atoms with Crippen LogP contribution in [0, 0.1) is 0 Å². The summed E-state index contributed by atoms with van der Waals surface area (Å²) in [5, 5.41) is 4.14. The van der Waals surface area contributed by atoms with E-state index in [1.54, 1.807) is 12.1 Å². The summed E-state index contributed by atoms with van der Waals surface area (Å²) in [6.45, 7) is -0.996. The summed E-state index contributed by atoms with van der Waals surface area (Å²) in [5.74, 6) is 0. The lowest BCUT2D eigenvalue weighted by Gasteiger charge is -2.07. The zero-order valence-electron chi connectivity index (χ0n) is 9.63. The summed E-state index contributed by atoms with van der Waals surface area (Å²) in [7, 11) is 0. The van der Waals surface area contributed by atoms with Crippen LogP contribution in [0.5, 0.6) is 0 Å². The number of nitrogens with zero attached hydrogens (tertiary/aromatic N) is 1. The van der Waals surface area contributed by atoms with Gasteiger partial charge in [0.25, 0.3) is 0 Å². The van der Waals surface area contributed by atoms with Gasteiger partial charge in [0, 0.05) is 11.6 Å². The van der Waals surface area contributed by atoms with Crippen molar-refractivity contribution in [1.29, 1.82) is 0 Å². The van der Waals surface area contributed by atoms with E-state index in [9.17, 15) is 13.2 Å². The first-order valence-electron chi connectivity index (χ1n) is 5.38. The summed E-state index contributed by atoms with van der Waals surface area (Å²) in [6.07, 6.45) is -4.29. The minimum absolute atomic E-state index is 0.0316. The Morgan fingerprint density at radius 2 is 2.16 bits per heavy atom. The highest BCUT2D eigenvalue weighted by atomic mass is 35.5. The van der Waals surface area contributed by atoms with Gasteiger partial charge in [-0.2, -0.15) is 13.2 Å². The number of aromatic nitrogens is 1. The highest BCUT2D eigenvalue weighted by Gasteiger charge is 2.27. The fourth-order valence-electron chi connectivity index (χ4n) is 1.39. The average molecular weight is 311 g/mol. The number of rotatable bonds is 5. The predicted octanol–water partition coefficient (Wildman–Crippen LogP) is 3.94. The Bertz CT molecular complexity index is 558. The van der Waals surface area contributed by atoms with Crippen LogP contribution >= 0.6 is 22.9 Å². The maximum atomic E-state index is 11.8. The van der Waals surface area contributed by atoms with Crippen LogP contribution in [0.25, 0.3) is 10.2 Å². The molecule has 1 N–H and O–H groups in total. The van der Waals surface area contributed by atoms with Gasteiger partial charge in [0.1, 0.15) is 6.61 Å². The number of benzene rings is 1. The van der Waals surface area contributed by atoms with Gasteiger partial charge in [-0.05, 0) is 18.2 Å². The molecule has 0 aliphatic heterocycles. The number of thiazole rings is 1. The number of hydrogen-bond donors (Lipinski definition) is 1. The molecule has 3 nitrogen and oxygen atoms in total. The number of ether oxygens (including phenoxy) is 1. The van der Waals surface area contributed by atoms with Crippen molar-refractivity contribution in [2.24, 2.45) is 0 Å². The lowest BCUT2D eigenvalue weighted by atomic mass is 10.3. The highest BCUT2D eigenvalue weighted by molar-refractivity contribution is 7.22. The van der Waals surface area contributed by atoms with Crippen molar-refractivity contribution in [2.45, 2.75) is 6.18 Å². The van der Waals surface area contributed by atoms with E-state index in [0.717, 1.165) is 10.2 Å². The van der Waals surface area contributed by atoms with E-state index in [1.807, 2.05) is 6.07 Å². The topological polar surface area (TPSA) is 34.1 Å². The lowest BCUT2D eigenvalue weighted by Crippen LogP contribution is -2.20. The van der Waals surface area contributed by atoms with Gasteiger partial charge in [0.2, 0.25) is 0 Å². The Morgan fingerprint density at radius 3 is 2.89 bits per heavy atom. The molecule has 1 aromatic heterocycles. The third-order valence-electron chi connectivity index (χ3n) is 2.14. The zero-order chi connectivity index (χ0) is 13.9. The molecule has 0 bridgehead atoms. The van der Waals surface area contributed by atoms with E-state index in [2.05, 4.69) is 15.0 Å². The first kappa shape index (κ1) is 14.4. The largest absolute Gasteiger partial charge is 0.411 e. The van der Waals surface area contributed by atoms with Gasteiger partial charge in [-0.25, -0.2) is 4.98 Å². The van der Waals surface area contributed by atoms with E-state index >= 15 is 0 Å². The second-order valence-electron chi connectivity index (χ2n) is 3.73. The van der Waals surface area contributed by atoms with E-state index in [1.165, 1.54) is 11.3 Å². The van der Waals surface area contributed by atoms with Crippen molar-refractivity contribution in [2.75, 3.05) is 25.1 Å². The molecule has 0 saturated carbocycles. The van der Waals surface area contributed by atoms with Gasteiger partial charge < -0.3 is 10.1 Å². The van der Waals surface area contributed by atoms with Gasteiger partial charge >= 0.3 is 6.18 Å². The van der Waals surface area contributed by atoms with Gasteiger partial charge in [0.05, 0.1) is 16.8 Å². The standard InChI is InChI=1S/C11H10ClF3N2OS/c12-7-1-2-9-8(5-7)17-10(19-9)16-3-4-18-6-11(13,14)15/h1-2,5H,3-4,6H2,(H,16,17). The monoisotopic (exact) mass is 310 g/mol. The minimum Gasteiger partial charge on any atom is -0.370 e. The quantitative estimate of drug-likeness (QED) is 0.849. The van der Waals surface area contributed by atoms with Crippen molar-refractivity contribution < 1.29 is 17.9 Å². The first-order valence-corrected chi connectivity index (χ1v) is 6.58. The Kier molecular flexibility index (Phi) is 4.49. The van der Waals surface area contributed by atoms with Crippen LogP contribution in [0.3, 0.4) is 0 Å².